The zero-order valence-corrected chi connectivity index (χ0v) is 11.0. The normalized spacial score (nSPS) is 11.7. The van der Waals surface area contributed by atoms with Crippen molar-refractivity contribution in [1.82, 2.24) is 5.32 Å². The monoisotopic (exact) mass is 266 g/mol. The van der Waals surface area contributed by atoms with E-state index in [1.165, 1.54) is 6.07 Å². The molecule has 3 N–H and O–H groups in total. The number of esters is 1. The van der Waals surface area contributed by atoms with Gasteiger partial charge in [-0.15, -0.1) is 0 Å². The third kappa shape index (κ3) is 5.39. The summed E-state index contributed by atoms with van der Waals surface area (Å²) < 4.78 is 9.75. The van der Waals surface area contributed by atoms with Gasteiger partial charge in [-0.2, -0.15) is 0 Å². The highest BCUT2D eigenvalue weighted by Gasteiger charge is 2.12. The first-order chi connectivity index (χ1) is 9.02. The molecular weight excluding hydrogens is 248 g/mol. The van der Waals surface area contributed by atoms with Crippen molar-refractivity contribution in [2.24, 2.45) is 0 Å². The average molecular weight is 266 g/mol. The number of carbonyl (C=O) groups is 2. The summed E-state index contributed by atoms with van der Waals surface area (Å²) in [5, 5.41) is 2.63. The number of ether oxygens (including phenoxy) is 2. The topological polar surface area (TPSA) is 90.6 Å². The second-order valence-electron chi connectivity index (χ2n) is 4.13. The van der Waals surface area contributed by atoms with E-state index in [-0.39, 0.29) is 18.6 Å². The molecule has 0 radical (unpaired) electrons. The fraction of sp³-hybridized carbons (Fsp3) is 0.385. The standard InChI is InChI=1S/C13H18N2O4/c1-9(7-18-2)15-12(16)8-19-13(17)10-4-3-5-11(14)6-10/h3-6,9H,7-8,14H2,1-2H3,(H,15,16). The first-order valence-corrected chi connectivity index (χ1v) is 5.84. The summed E-state index contributed by atoms with van der Waals surface area (Å²) in [6.45, 7) is 1.86. The quantitative estimate of drug-likeness (QED) is 0.580. The predicted molar refractivity (Wildman–Crippen MR) is 70.6 cm³/mol. The van der Waals surface area contributed by atoms with Gasteiger partial charge in [0.25, 0.3) is 5.91 Å². The van der Waals surface area contributed by atoms with Gasteiger partial charge in [0.15, 0.2) is 6.61 Å². The number of hydrogen-bond donors (Lipinski definition) is 2. The maximum atomic E-state index is 11.6. The molecule has 19 heavy (non-hydrogen) atoms. The van der Waals surface area contributed by atoms with Crippen molar-refractivity contribution in [2.45, 2.75) is 13.0 Å². The summed E-state index contributed by atoms with van der Waals surface area (Å²) in [5.74, 6) is -0.955. The van der Waals surface area contributed by atoms with E-state index in [9.17, 15) is 9.59 Å². The lowest BCUT2D eigenvalue weighted by atomic mass is 10.2. The van der Waals surface area contributed by atoms with Crippen LogP contribution in [0.4, 0.5) is 5.69 Å². The number of rotatable bonds is 6. The summed E-state index contributed by atoms with van der Waals surface area (Å²) in [6, 6.07) is 6.24. The highest BCUT2D eigenvalue weighted by Crippen LogP contribution is 2.07. The molecule has 0 bridgehead atoms. The van der Waals surface area contributed by atoms with Gasteiger partial charge in [0.05, 0.1) is 12.2 Å². The Morgan fingerprint density at radius 1 is 1.42 bits per heavy atom. The summed E-state index contributed by atoms with van der Waals surface area (Å²) in [7, 11) is 1.54. The predicted octanol–water partition coefficient (Wildman–Crippen LogP) is 0.577. The minimum absolute atomic E-state index is 0.136. The summed E-state index contributed by atoms with van der Waals surface area (Å²) in [6.07, 6.45) is 0. The van der Waals surface area contributed by atoms with E-state index in [0.29, 0.717) is 17.9 Å². The van der Waals surface area contributed by atoms with Gasteiger partial charge >= 0.3 is 5.97 Å². The third-order valence-corrected chi connectivity index (χ3v) is 2.28. The van der Waals surface area contributed by atoms with Crippen molar-refractivity contribution < 1.29 is 19.1 Å². The smallest absolute Gasteiger partial charge is 0.338 e. The molecule has 0 aliphatic carbocycles. The van der Waals surface area contributed by atoms with Crippen molar-refractivity contribution in [3.05, 3.63) is 29.8 Å². The molecule has 1 rings (SSSR count). The lowest BCUT2D eigenvalue weighted by Crippen LogP contribution is -2.38. The second-order valence-corrected chi connectivity index (χ2v) is 4.13. The Labute approximate surface area is 111 Å². The van der Waals surface area contributed by atoms with Crippen LogP contribution < -0.4 is 11.1 Å². The van der Waals surface area contributed by atoms with Crippen LogP contribution in [-0.4, -0.2) is 38.2 Å². The first kappa shape index (κ1) is 15.0. The molecule has 6 nitrogen and oxygen atoms in total. The van der Waals surface area contributed by atoms with E-state index in [1.807, 2.05) is 0 Å². The van der Waals surface area contributed by atoms with Gasteiger partial charge in [-0.3, -0.25) is 4.79 Å². The number of hydrogen-bond acceptors (Lipinski definition) is 5. The largest absolute Gasteiger partial charge is 0.452 e. The molecule has 0 aliphatic rings. The number of anilines is 1. The van der Waals surface area contributed by atoms with Crippen LogP contribution in [0.2, 0.25) is 0 Å². The van der Waals surface area contributed by atoms with E-state index in [1.54, 1.807) is 32.2 Å². The van der Waals surface area contributed by atoms with Crippen molar-refractivity contribution in [3.8, 4) is 0 Å². The van der Waals surface area contributed by atoms with E-state index >= 15 is 0 Å². The summed E-state index contributed by atoms with van der Waals surface area (Å²) in [4.78, 5) is 23.1. The molecule has 0 saturated carbocycles. The molecular formula is C13H18N2O4. The van der Waals surface area contributed by atoms with Crippen molar-refractivity contribution in [2.75, 3.05) is 26.1 Å². The zero-order valence-electron chi connectivity index (χ0n) is 11.0. The van der Waals surface area contributed by atoms with Crippen LogP contribution in [0.5, 0.6) is 0 Å². The van der Waals surface area contributed by atoms with Crippen LogP contribution in [0.25, 0.3) is 0 Å². The van der Waals surface area contributed by atoms with E-state index in [2.05, 4.69) is 5.32 Å². The molecule has 0 aromatic heterocycles. The lowest BCUT2D eigenvalue weighted by molar-refractivity contribution is -0.125. The van der Waals surface area contributed by atoms with Gasteiger partial charge in [0.1, 0.15) is 0 Å². The molecule has 1 unspecified atom stereocenters. The molecule has 1 aromatic rings. The molecule has 0 heterocycles. The van der Waals surface area contributed by atoms with Crippen molar-refractivity contribution in [1.29, 1.82) is 0 Å². The van der Waals surface area contributed by atoms with Crippen LogP contribution in [0.3, 0.4) is 0 Å². The van der Waals surface area contributed by atoms with E-state index in [4.69, 9.17) is 15.2 Å². The number of carbonyl (C=O) groups excluding carboxylic acids is 2. The van der Waals surface area contributed by atoms with Crippen molar-refractivity contribution >= 4 is 17.6 Å². The molecule has 0 aliphatic heterocycles. The Balaban J connectivity index is 2.40. The minimum Gasteiger partial charge on any atom is -0.452 e. The zero-order chi connectivity index (χ0) is 14.3. The number of benzene rings is 1. The molecule has 0 fully saturated rings. The van der Waals surface area contributed by atoms with E-state index < -0.39 is 5.97 Å². The summed E-state index contributed by atoms with van der Waals surface area (Å²) in [5.41, 5.74) is 6.33. The Hall–Kier alpha value is -2.08. The Morgan fingerprint density at radius 2 is 2.16 bits per heavy atom. The Morgan fingerprint density at radius 3 is 2.79 bits per heavy atom. The maximum Gasteiger partial charge on any atom is 0.338 e. The van der Waals surface area contributed by atoms with Gasteiger partial charge in [-0.05, 0) is 25.1 Å². The van der Waals surface area contributed by atoms with Crippen LogP contribution >= 0.6 is 0 Å². The Kier molecular flexibility index (Phi) is 5.81. The van der Waals surface area contributed by atoms with Crippen LogP contribution in [0, 0.1) is 0 Å². The van der Waals surface area contributed by atoms with Gasteiger partial charge in [-0.25, -0.2) is 4.79 Å². The molecule has 1 atom stereocenters. The number of nitrogen functional groups attached to an aromatic ring is 1. The molecule has 0 spiro atoms. The number of nitrogens with one attached hydrogen (secondary N) is 1. The van der Waals surface area contributed by atoms with Gasteiger partial charge in [0.2, 0.25) is 0 Å². The minimum atomic E-state index is -0.582. The fourth-order valence-electron chi connectivity index (χ4n) is 1.49. The molecule has 6 heteroatoms. The average Bonchev–Trinajstić information content (AvgIpc) is 2.36. The molecule has 1 amide bonds. The molecule has 1 aromatic carbocycles. The second kappa shape index (κ2) is 7.38. The summed E-state index contributed by atoms with van der Waals surface area (Å²) >= 11 is 0. The number of amides is 1. The van der Waals surface area contributed by atoms with Gasteiger partial charge < -0.3 is 20.5 Å². The molecule has 104 valence electrons. The number of methoxy groups -OCH3 is 1. The highest BCUT2D eigenvalue weighted by molar-refractivity contribution is 5.92. The molecule has 0 saturated heterocycles. The van der Waals surface area contributed by atoms with Crippen LogP contribution in [0.15, 0.2) is 24.3 Å². The fourth-order valence-corrected chi connectivity index (χ4v) is 1.49. The third-order valence-electron chi connectivity index (χ3n) is 2.28. The van der Waals surface area contributed by atoms with Crippen molar-refractivity contribution in [3.63, 3.8) is 0 Å². The number of nitrogens with two attached hydrogens (primary N) is 1. The SMILES string of the molecule is COCC(C)NC(=O)COC(=O)c1cccc(N)c1. The van der Waals surface area contributed by atoms with Crippen LogP contribution in [-0.2, 0) is 14.3 Å². The van der Waals surface area contributed by atoms with Crippen LogP contribution in [0.1, 0.15) is 17.3 Å². The van der Waals surface area contributed by atoms with Gasteiger partial charge in [0, 0.05) is 18.8 Å². The maximum absolute atomic E-state index is 11.6. The highest BCUT2D eigenvalue weighted by atomic mass is 16.5. The van der Waals surface area contributed by atoms with E-state index in [0.717, 1.165) is 0 Å². The first-order valence-electron chi connectivity index (χ1n) is 5.84. The van der Waals surface area contributed by atoms with Gasteiger partial charge in [-0.1, -0.05) is 6.07 Å². The lowest BCUT2D eigenvalue weighted by Gasteiger charge is -2.12. The Bertz CT molecular complexity index is 448.